The minimum atomic E-state index is -4.70. The van der Waals surface area contributed by atoms with Gasteiger partial charge >= 0.3 is 6.18 Å². The van der Waals surface area contributed by atoms with Crippen LogP contribution in [-0.4, -0.2) is 42.1 Å². The second-order valence-corrected chi connectivity index (χ2v) is 9.57. The lowest BCUT2D eigenvalue weighted by atomic mass is 9.96. The Kier molecular flexibility index (Phi) is 7.16. The second-order valence-electron chi connectivity index (χ2n) is 9.57. The number of amides is 1. The number of nitrogens with one attached hydrogen (secondary N) is 2. The monoisotopic (exact) mass is 542 g/mol. The number of carbonyl (C=O) groups excluding carboxylic acids is 1. The van der Waals surface area contributed by atoms with E-state index in [1.165, 1.54) is 31.4 Å². The Morgan fingerprint density at radius 3 is 2.69 bits per heavy atom. The first kappa shape index (κ1) is 26.5. The Labute approximate surface area is 222 Å². The van der Waals surface area contributed by atoms with Gasteiger partial charge in [-0.3, -0.25) is 15.2 Å². The molecule has 0 unspecified atom stereocenters. The SMILES string of the molecule is COc1cc([C@@H](NC(=O)c2cc(CN3CCOC3=N)cc(-c3cccnc3C(F)(F)F)c2)C2CC2)ccc1F. The summed E-state index contributed by atoms with van der Waals surface area (Å²) in [6.07, 6.45) is -1.88. The first-order chi connectivity index (χ1) is 18.6. The van der Waals surface area contributed by atoms with Gasteiger partial charge in [0.2, 0.25) is 0 Å². The van der Waals surface area contributed by atoms with Crippen molar-refractivity contribution in [2.75, 3.05) is 20.3 Å². The van der Waals surface area contributed by atoms with Gasteiger partial charge in [-0.2, -0.15) is 13.2 Å². The van der Waals surface area contributed by atoms with Gasteiger partial charge in [-0.15, -0.1) is 0 Å². The van der Waals surface area contributed by atoms with Gasteiger partial charge < -0.3 is 19.7 Å². The summed E-state index contributed by atoms with van der Waals surface area (Å²) in [5.74, 6) is -0.802. The highest BCUT2D eigenvalue weighted by Crippen LogP contribution is 2.42. The summed E-state index contributed by atoms with van der Waals surface area (Å²) < 4.78 is 65.7. The van der Waals surface area contributed by atoms with E-state index in [1.54, 1.807) is 29.2 Å². The quantitative estimate of drug-likeness (QED) is 0.364. The number of methoxy groups -OCH3 is 1. The molecule has 1 amide bonds. The predicted octanol–water partition coefficient (Wildman–Crippen LogP) is 5.56. The van der Waals surface area contributed by atoms with Gasteiger partial charge in [0.25, 0.3) is 11.9 Å². The second kappa shape index (κ2) is 10.5. The van der Waals surface area contributed by atoms with Crippen LogP contribution in [0, 0.1) is 17.1 Å². The molecule has 1 atom stereocenters. The third-order valence-corrected chi connectivity index (χ3v) is 6.82. The fraction of sp³-hybridized carbons (Fsp3) is 0.321. The van der Waals surface area contributed by atoms with Crippen molar-refractivity contribution in [1.29, 1.82) is 5.41 Å². The minimum absolute atomic E-state index is 0.0391. The molecule has 11 heteroatoms. The Morgan fingerprint density at radius 2 is 2.03 bits per heavy atom. The van der Waals surface area contributed by atoms with E-state index in [-0.39, 0.29) is 40.9 Å². The van der Waals surface area contributed by atoms with Crippen molar-refractivity contribution >= 4 is 11.9 Å². The number of hydrogen-bond donors (Lipinski definition) is 2. The molecule has 2 fully saturated rings. The Morgan fingerprint density at radius 1 is 1.23 bits per heavy atom. The molecule has 2 N–H and O–H groups in total. The van der Waals surface area contributed by atoms with Crippen molar-refractivity contribution in [1.82, 2.24) is 15.2 Å². The molecule has 0 spiro atoms. The maximum absolute atomic E-state index is 14.0. The van der Waals surface area contributed by atoms with E-state index in [9.17, 15) is 22.4 Å². The van der Waals surface area contributed by atoms with Crippen LogP contribution in [-0.2, 0) is 17.5 Å². The summed E-state index contributed by atoms with van der Waals surface area (Å²) in [4.78, 5) is 18.8. The summed E-state index contributed by atoms with van der Waals surface area (Å²) in [6.45, 7) is 0.952. The standard InChI is InChI=1S/C28H26F4N4O3/c1-38-23-14-18(6-7-22(23)29)24(17-4-5-17)35-26(37)20-12-16(15-36-9-10-39-27(36)33)11-19(13-20)21-3-2-8-34-25(21)28(30,31)32/h2-3,6-8,11-14,17,24,33H,4-5,9-10,15H2,1H3,(H,35,37)/t24-/m0/s1. The van der Waals surface area contributed by atoms with Crippen molar-refractivity contribution in [2.24, 2.45) is 5.92 Å². The molecule has 5 rings (SSSR count). The highest BCUT2D eigenvalue weighted by molar-refractivity contribution is 5.96. The zero-order valence-corrected chi connectivity index (χ0v) is 21.0. The van der Waals surface area contributed by atoms with Crippen LogP contribution in [0.15, 0.2) is 54.7 Å². The lowest BCUT2D eigenvalue weighted by molar-refractivity contribution is -0.140. The van der Waals surface area contributed by atoms with E-state index in [1.807, 2.05) is 0 Å². The summed E-state index contributed by atoms with van der Waals surface area (Å²) in [5.41, 5.74) is 0.337. The topological polar surface area (TPSA) is 87.5 Å². The lowest BCUT2D eigenvalue weighted by Gasteiger charge is -2.21. The third kappa shape index (κ3) is 5.81. The highest BCUT2D eigenvalue weighted by Gasteiger charge is 2.36. The Hall–Kier alpha value is -4.15. The molecule has 1 aliphatic carbocycles. The van der Waals surface area contributed by atoms with Gasteiger partial charge in [0.05, 0.1) is 19.7 Å². The number of halogens is 4. The first-order valence-electron chi connectivity index (χ1n) is 12.4. The van der Waals surface area contributed by atoms with E-state index in [4.69, 9.17) is 14.9 Å². The molecule has 7 nitrogen and oxygen atoms in total. The number of pyridine rings is 1. The van der Waals surface area contributed by atoms with Crippen LogP contribution in [0.2, 0.25) is 0 Å². The zero-order chi connectivity index (χ0) is 27.7. The lowest BCUT2D eigenvalue weighted by Crippen LogP contribution is -2.30. The average molecular weight is 543 g/mol. The number of nitrogens with zero attached hydrogens (tertiary/aromatic N) is 2. The molecule has 39 heavy (non-hydrogen) atoms. The predicted molar refractivity (Wildman–Crippen MR) is 135 cm³/mol. The van der Waals surface area contributed by atoms with Gasteiger partial charge in [-0.1, -0.05) is 12.1 Å². The fourth-order valence-corrected chi connectivity index (χ4v) is 4.75. The molecule has 1 aromatic heterocycles. The van der Waals surface area contributed by atoms with Crippen LogP contribution in [0.1, 0.15) is 46.1 Å². The van der Waals surface area contributed by atoms with Crippen molar-refractivity contribution < 1.29 is 31.8 Å². The fourth-order valence-electron chi connectivity index (χ4n) is 4.75. The largest absolute Gasteiger partial charge is 0.494 e. The molecule has 3 aromatic rings. The van der Waals surface area contributed by atoms with E-state index in [0.29, 0.717) is 24.3 Å². The molecule has 2 heterocycles. The van der Waals surface area contributed by atoms with Crippen molar-refractivity contribution in [3.63, 3.8) is 0 Å². The number of rotatable bonds is 8. The van der Waals surface area contributed by atoms with Crippen molar-refractivity contribution in [2.45, 2.75) is 31.6 Å². The summed E-state index contributed by atoms with van der Waals surface area (Å²) in [5, 5.41) is 10.9. The number of hydrogen-bond acceptors (Lipinski definition) is 5. The van der Waals surface area contributed by atoms with E-state index < -0.39 is 29.6 Å². The first-order valence-corrected chi connectivity index (χ1v) is 12.4. The summed E-state index contributed by atoms with van der Waals surface area (Å²) in [7, 11) is 1.36. The molecule has 2 aliphatic rings. The number of carbonyl (C=O) groups is 1. The van der Waals surface area contributed by atoms with Gasteiger partial charge in [0, 0.05) is 23.9 Å². The molecule has 0 bridgehead atoms. The molecule has 1 saturated heterocycles. The van der Waals surface area contributed by atoms with Crippen LogP contribution in [0.3, 0.4) is 0 Å². The number of ether oxygens (including phenoxy) is 2. The number of benzene rings is 2. The van der Waals surface area contributed by atoms with Crippen LogP contribution < -0.4 is 10.1 Å². The molecule has 0 radical (unpaired) electrons. The van der Waals surface area contributed by atoms with Gasteiger partial charge in [-0.05, 0) is 71.8 Å². The van der Waals surface area contributed by atoms with E-state index in [2.05, 4.69) is 10.3 Å². The molecule has 204 valence electrons. The van der Waals surface area contributed by atoms with Crippen LogP contribution in [0.25, 0.3) is 11.1 Å². The van der Waals surface area contributed by atoms with E-state index in [0.717, 1.165) is 19.0 Å². The van der Waals surface area contributed by atoms with E-state index >= 15 is 0 Å². The number of alkyl halides is 3. The number of aromatic nitrogens is 1. The Balaban J connectivity index is 1.52. The molecular formula is C28H26F4N4O3. The van der Waals surface area contributed by atoms with Crippen LogP contribution in [0.4, 0.5) is 17.6 Å². The van der Waals surface area contributed by atoms with Crippen molar-refractivity contribution in [3.8, 4) is 16.9 Å². The average Bonchev–Trinajstić information content (AvgIpc) is 3.68. The Bertz CT molecular complexity index is 1410. The normalized spacial score (nSPS) is 16.1. The molecular weight excluding hydrogens is 516 g/mol. The molecule has 1 saturated carbocycles. The smallest absolute Gasteiger partial charge is 0.433 e. The van der Waals surface area contributed by atoms with Crippen molar-refractivity contribution in [3.05, 3.63) is 82.9 Å². The minimum Gasteiger partial charge on any atom is -0.494 e. The summed E-state index contributed by atoms with van der Waals surface area (Å²) >= 11 is 0. The molecule has 2 aromatic carbocycles. The third-order valence-electron chi connectivity index (χ3n) is 6.82. The van der Waals surface area contributed by atoms with Crippen LogP contribution in [0.5, 0.6) is 5.75 Å². The van der Waals surface area contributed by atoms with Gasteiger partial charge in [0.1, 0.15) is 6.61 Å². The highest BCUT2D eigenvalue weighted by atomic mass is 19.4. The van der Waals surface area contributed by atoms with Crippen LogP contribution >= 0.6 is 0 Å². The van der Waals surface area contributed by atoms with Gasteiger partial charge in [-0.25, -0.2) is 4.39 Å². The summed E-state index contributed by atoms with van der Waals surface area (Å²) in [6, 6.07) is 11.3. The maximum Gasteiger partial charge on any atom is 0.433 e. The maximum atomic E-state index is 14.0. The van der Waals surface area contributed by atoms with Gasteiger partial charge in [0.15, 0.2) is 17.3 Å². The number of amidine groups is 1. The zero-order valence-electron chi connectivity index (χ0n) is 21.0. The molecule has 1 aliphatic heterocycles.